The Morgan fingerprint density at radius 3 is 1.75 bits per heavy atom. The second-order valence-corrected chi connectivity index (χ2v) is 15.7. The number of hydrogen-bond donors (Lipinski definition) is 5. The van der Waals surface area contributed by atoms with Gasteiger partial charge in [0.05, 0.1) is 32.0 Å². The average Bonchev–Trinajstić information content (AvgIpc) is 3.19. The highest BCUT2D eigenvalue weighted by Gasteiger charge is 2.27. The van der Waals surface area contributed by atoms with Crippen LogP contribution in [-0.4, -0.2) is 88.1 Å². The van der Waals surface area contributed by atoms with E-state index in [9.17, 15) is 34.4 Å². The summed E-state index contributed by atoms with van der Waals surface area (Å²) in [7, 11) is -4.66. The molecule has 1 unspecified atom stereocenters. The van der Waals surface area contributed by atoms with Gasteiger partial charge in [0.1, 0.15) is 12.7 Å². The van der Waals surface area contributed by atoms with Crippen LogP contribution in [0.15, 0.2) is 60.8 Å². The Morgan fingerprint density at radius 2 is 1.12 bits per heavy atom. The maximum absolute atomic E-state index is 12.6. The molecule has 5 N–H and O–H groups in total. The first-order valence-electron chi connectivity index (χ1n) is 21.4. The van der Waals surface area contributed by atoms with Crippen molar-refractivity contribution < 1.29 is 58.0 Å². The third kappa shape index (κ3) is 37.6. The van der Waals surface area contributed by atoms with Crippen LogP contribution in [0.5, 0.6) is 0 Å². The van der Waals surface area contributed by atoms with E-state index in [1.807, 2.05) is 6.08 Å². The molecule has 0 aromatic heterocycles. The van der Waals surface area contributed by atoms with Gasteiger partial charge in [-0.05, 0) is 77.0 Å². The number of carbonyl (C=O) groups is 2. The fraction of sp³-hybridized carbons (Fsp3) is 0.727. The molecule has 5 atom stereocenters. The van der Waals surface area contributed by atoms with E-state index in [-0.39, 0.29) is 19.4 Å². The Kier molecular flexibility index (Phi) is 37.4. The number of aliphatic hydroxyl groups is 4. The molecule has 13 heteroatoms. The van der Waals surface area contributed by atoms with Crippen molar-refractivity contribution >= 4 is 19.8 Å². The van der Waals surface area contributed by atoms with E-state index in [0.717, 1.165) is 89.9 Å². The fourth-order valence-corrected chi connectivity index (χ4v) is 6.21. The molecule has 0 saturated carbocycles. The summed E-state index contributed by atoms with van der Waals surface area (Å²) >= 11 is 0. The van der Waals surface area contributed by atoms with Crippen LogP contribution in [0.25, 0.3) is 0 Å². The maximum Gasteiger partial charge on any atom is 0.472 e. The molecule has 0 aliphatic rings. The molecule has 0 amide bonds. The number of esters is 2. The minimum absolute atomic E-state index is 0.122. The van der Waals surface area contributed by atoms with Gasteiger partial charge >= 0.3 is 19.8 Å². The van der Waals surface area contributed by atoms with Gasteiger partial charge in [0.2, 0.25) is 0 Å². The minimum atomic E-state index is -4.66. The predicted octanol–water partition coefficient (Wildman–Crippen LogP) is 9.05. The molecule has 0 spiro atoms. The zero-order chi connectivity index (χ0) is 42.2. The van der Waals surface area contributed by atoms with Crippen molar-refractivity contribution in [1.82, 2.24) is 0 Å². The van der Waals surface area contributed by atoms with E-state index in [4.69, 9.17) is 19.1 Å². The van der Waals surface area contributed by atoms with Gasteiger partial charge in [0, 0.05) is 12.8 Å². The van der Waals surface area contributed by atoms with E-state index < -0.39 is 64.0 Å². The monoisotopic (exact) mass is 829 g/mol. The molecule has 0 rings (SSSR count). The van der Waals surface area contributed by atoms with Gasteiger partial charge in [0.25, 0.3) is 0 Å². The predicted molar refractivity (Wildman–Crippen MR) is 226 cm³/mol. The van der Waals surface area contributed by atoms with E-state index in [1.165, 1.54) is 12.8 Å². The maximum atomic E-state index is 12.6. The van der Waals surface area contributed by atoms with Gasteiger partial charge < -0.3 is 34.8 Å². The summed E-state index contributed by atoms with van der Waals surface area (Å²) in [6.45, 7) is 1.99. The van der Waals surface area contributed by atoms with Gasteiger partial charge in [0.15, 0.2) is 6.10 Å². The molecule has 0 radical (unpaired) electrons. The van der Waals surface area contributed by atoms with Crippen LogP contribution in [0, 0.1) is 0 Å². The molecule has 0 aliphatic heterocycles. The van der Waals surface area contributed by atoms with Crippen LogP contribution in [0.3, 0.4) is 0 Å². The second-order valence-electron chi connectivity index (χ2n) is 14.3. The SMILES string of the molecule is CC/C=C\C/C=C\C/C=C\C/C=C\CCCCCCC(=O)O[C@H](COC(=O)CCCCCCC[C@@H](O)[C@H](O)C/C=C\CCCCC)COP(=O)(O)OC[C@@H](O)CO. The number of ether oxygens (including phenoxy) is 2. The first kappa shape index (κ1) is 54.6. The molecule has 0 aliphatic carbocycles. The number of rotatable bonds is 39. The Morgan fingerprint density at radius 1 is 0.596 bits per heavy atom. The normalized spacial score (nSPS) is 15.6. The van der Waals surface area contributed by atoms with Crippen LogP contribution in [0.4, 0.5) is 0 Å². The van der Waals surface area contributed by atoms with E-state index in [0.29, 0.717) is 25.7 Å². The largest absolute Gasteiger partial charge is 0.472 e. The molecule has 0 aromatic rings. The van der Waals surface area contributed by atoms with Crippen LogP contribution >= 0.6 is 7.82 Å². The molecule has 0 aromatic carbocycles. The fourth-order valence-electron chi connectivity index (χ4n) is 5.42. The summed E-state index contributed by atoms with van der Waals surface area (Å²) < 4.78 is 32.6. The summed E-state index contributed by atoms with van der Waals surface area (Å²) in [6, 6.07) is 0. The average molecular weight is 829 g/mol. The summed E-state index contributed by atoms with van der Waals surface area (Å²) in [5, 5.41) is 38.7. The quantitative estimate of drug-likeness (QED) is 0.0171. The Labute approximate surface area is 343 Å². The Balaban J connectivity index is 4.48. The summed E-state index contributed by atoms with van der Waals surface area (Å²) in [5.74, 6) is -1.07. The summed E-state index contributed by atoms with van der Waals surface area (Å²) in [5.41, 5.74) is 0. The van der Waals surface area contributed by atoms with Crippen molar-refractivity contribution in [2.75, 3.05) is 26.4 Å². The molecule has 57 heavy (non-hydrogen) atoms. The smallest absolute Gasteiger partial charge is 0.462 e. The molecular formula is C44H77O12P. The molecular weight excluding hydrogens is 751 g/mol. The van der Waals surface area contributed by atoms with Crippen molar-refractivity contribution in [3.05, 3.63) is 60.8 Å². The highest BCUT2D eigenvalue weighted by molar-refractivity contribution is 7.47. The number of aliphatic hydroxyl groups excluding tert-OH is 4. The molecule has 0 saturated heterocycles. The Hall–Kier alpha value is -2.41. The number of carbonyl (C=O) groups excluding carboxylic acids is 2. The minimum Gasteiger partial charge on any atom is -0.462 e. The van der Waals surface area contributed by atoms with Gasteiger partial charge in [-0.25, -0.2) is 4.57 Å². The zero-order valence-electron chi connectivity index (χ0n) is 35.0. The number of hydrogen-bond acceptors (Lipinski definition) is 11. The third-order valence-corrected chi connectivity index (χ3v) is 9.81. The van der Waals surface area contributed by atoms with E-state index in [1.54, 1.807) is 0 Å². The van der Waals surface area contributed by atoms with Crippen molar-refractivity contribution in [2.24, 2.45) is 0 Å². The lowest BCUT2D eigenvalue weighted by molar-refractivity contribution is -0.161. The van der Waals surface area contributed by atoms with Crippen LogP contribution in [0.2, 0.25) is 0 Å². The highest BCUT2D eigenvalue weighted by atomic mass is 31.2. The van der Waals surface area contributed by atoms with Crippen molar-refractivity contribution in [1.29, 1.82) is 0 Å². The van der Waals surface area contributed by atoms with Crippen molar-refractivity contribution in [3.63, 3.8) is 0 Å². The lowest BCUT2D eigenvalue weighted by atomic mass is 10.0. The van der Waals surface area contributed by atoms with Crippen LogP contribution in [0.1, 0.15) is 155 Å². The number of phosphoric acid groups is 1. The lowest BCUT2D eigenvalue weighted by Crippen LogP contribution is -2.29. The second kappa shape index (κ2) is 39.1. The number of allylic oxidation sites excluding steroid dienone is 9. The standard InChI is InChI=1S/C44H77O12P/c1-3-5-7-9-11-12-13-14-15-16-17-18-19-20-21-25-30-34-44(50)56-40(38-55-57(51,52)54-36-39(46)35-45)37-53-43(49)33-29-26-22-24-28-32-42(48)41(47)31-27-23-10-8-6-4-2/h5,7,11-12,14-15,17-18,23,27,39-42,45-48H,3-4,6,8-10,13,16,19-22,24-26,28-38H2,1-2H3,(H,51,52)/b7-5-,12-11-,15-14-,18-17-,27-23-/t39-,40+,41+,42+/m0/s1. The summed E-state index contributed by atoms with van der Waals surface area (Å²) in [4.78, 5) is 35.0. The number of unbranched alkanes of at least 4 members (excludes halogenated alkanes) is 11. The lowest BCUT2D eigenvalue weighted by Gasteiger charge is -2.20. The van der Waals surface area contributed by atoms with Gasteiger partial charge in [-0.1, -0.05) is 126 Å². The Bertz CT molecular complexity index is 1170. The highest BCUT2D eigenvalue weighted by Crippen LogP contribution is 2.43. The van der Waals surface area contributed by atoms with E-state index >= 15 is 0 Å². The van der Waals surface area contributed by atoms with E-state index in [2.05, 4.69) is 73.1 Å². The first-order chi connectivity index (χ1) is 27.5. The third-order valence-electron chi connectivity index (χ3n) is 8.86. The molecule has 0 heterocycles. The van der Waals surface area contributed by atoms with Crippen molar-refractivity contribution in [3.8, 4) is 0 Å². The summed E-state index contributed by atoms with van der Waals surface area (Å²) in [6.07, 6.45) is 34.9. The van der Waals surface area contributed by atoms with Gasteiger partial charge in [-0.3, -0.25) is 18.6 Å². The number of phosphoric ester groups is 1. The molecule has 0 fully saturated rings. The first-order valence-corrected chi connectivity index (χ1v) is 22.9. The molecule has 330 valence electrons. The molecule has 0 bridgehead atoms. The van der Waals surface area contributed by atoms with Crippen LogP contribution in [-0.2, 0) is 32.7 Å². The molecule has 12 nitrogen and oxygen atoms in total. The topological polar surface area (TPSA) is 189 Å². The zero-order valence-corrected chi connectivity index (χ0v) is 35.9. The van der Waals surface area contributed by atoms with Crippen molar-refractivity contribution in [2.45, 2.75) is 180 Å². The van der Waals surface area contributed by atoms with Crippen LogP contribution < -0.4 is 0 Å². The van der Waals surface area contributed by atoms with Gasteiger partial charge in [-0.15, -0.1) is 0 Å². The van der Waals surface area contributed by atoms with Gasteiger partial charge in [-0.2, -0.15) is 0 Å².